The average molecular weight is 230 g/mol. The van der Waals surface area contributed by atoms with Gasteiger partial charge in [0.1, 0.15) is 5.82 Å². The van der Waals surface area contributed by atoms with Crippen molar-refractivity contribution < 1.29 is 4.39 Å². The van der Waals surface area contributed by atoms with Gasteiger partial charge in [-0.1, -0.05) is 31.5 Å². The van der Waals surface area contributed by atoms with E-state index in [2.05, 4.69) is 19.2 Å². The molecule has 0 amide bonds. The highest BCUT2D eigenvalue weighted by atomic mass is 35.5. The quantitative estimate of drug-likeness (QED) is 0.836. The lowest BCUT2D eigenvalue weighted by molar-refractivity contribution is 0.424. The molecule has 0 fully saturated rings. The Bertz CT molecular complexity index is 325. The summed E-state index contributed by atoms with van der Waals surface area (Å²) < 4.78 is 13.2. The van der Waals surface area contributed by atoms with Crippen molar-refractivity contribution in [3.63, 3.8) is 0 Å². The van der Waals surface area contributed by atoms with Crippen molar-refractivity contribution in [1.82, 2.24) is 5.32 Å². The van der Waals surface area contributed by atoms with Crippen molar-refractivity contribution in [2.24, 2.45) is 5.92 Å². The molecule has 1 aromatic rings. The summed E-state index contributed by atoms with van der Waals surface area (Å²) in [4.78, 5) is 0. The van der Waals surface area contributed by atoms with Crippen LogP contribution in [-0.4, -0.2) is 13.1 Å². The third kappa shape index (κ3) is 3.47. The normalized spacial score (nSPS) is 13.2. The van der Waals surface area contributed by atoms with E-state index in [1.807, 2.05) is 13.1 Å². The van der Waals surface area contributed by atoms with Gasteiger partial charge in [0.2, 0.25) is 0 Å². The number of rotatable bonds is 4. The zero-order valence-corrected chi connectivity index (χ0v) is 10.1. The first-order valence-corrected chi connectivity index (χ1v) is 5.53. The van der Waals surface area contributed by atoms with Crippen molar-refractivity contribution in [3.8, 4) is 0 Å². The van der Waals surface area contributed by atoms with Gasteiger partial charge in [0.25, 0.3) is 0 Å². The van der Waals surface area contributed by atoms with Gasteiger partial charge in [-0.3, -0.25) is 0 Å². The zero-order chi connectivity index (χ0) is 11.4. The van der Waals surface area contributed by atoms with Crippen LogP contribution < -0.4 is 5.32 Å². The monoisotopic (exact) mass is 229 g/mol. The van der Waals surface area contributed by atoms with Crippen LogP contribution in [0.1, 0.15) is 19.4 Å². The molecule has 1 nitrogen and oxygen atoms in total. The van der Waals surface area contributed by atoms with E-state index in [4.69, 9.17) is 11.6 Å². The summed E-state index contributed by atoms with van der Waals surface area (Å²) in [5.41, 5.74) is 0.977. The van der Waals surface area contributed by atoms with Crippen molar-refractivity contribution in [2.45, 2.75) is 26.3 Å². The Kier molecular flexibility index (Phi) is 4.55. The van der Waals surface area contributed by atoms with E-state index >= 15 is 0 Å². The lowest BCUT2D eigenvalue weighted by atomic mass is 9.96. The molecule has 1 unspecified atom stereocenters. The fraction of sp³-hybridized carbons (Fsp3) is 0.500. The van der Waals surface area contributed by atoms with Gasteiger partial charge in [-0.2, -0.15) is 0 Å². The van der Waals surface area contributed by atoms with E-state index in [0.29, 0.717) is 12.0 Å². The SMILES string of the molecule is CNC(Cc1ccc(Cl)c(F)c1)C(C)C. The van der Waals surface area contributed by atoms with Crippen LogP contribution in [0.5, 0.6) is 0 Å². The number of nitrogens with one attached hydrogen (secondary N) is 1. The molecule has 15 heavy (non-hydrogen) atoms. The zero-order valence-electron chi connectivity index (χ0n) is 9.35. The minimum atomic E-state index is -0.340. The van der Waals surface area contributed by atoms with Crippen LogP contribution in [0.25, 0.3) is 0 Å². The second-order valence-electron chi connectivity index (χ2n) is 4.09. The molecule has 1 rings (SSSR count). The van der Waals surface area contributed by atoms with Crippen molar-refractivity contribution in [1.29, 1.82) is 0 Å². The van der Waals surface area contributed by atoms with Crippen molar-refractivity contribution >= 4 is 11.6 Å². The summed E-state index contributed by atoms with van der Waals surface area (Å²) >= 11 is 5.62. The predicted molar refractivity (Wildman–Crippen MR) is 62.8 cm³/mol. The molecule has 0 aliphatic heterocycles. The third-order valence-corrected chi connectivity index (χ3v) is 2.92. The van der Waals surface area contributed by atoms with Crippen LogP contribution in [0.4, 0.5) is 4.39 Å². The highest BCUT2D eigenvalue weighted by Crippen LogP contribution is 2.17. The Balaban J connectivity index is 2.75. The predicted octanol–water partition coefficient (Wildman–Crippen LogP) is 3.27. The molecule has 0 aliphatic rings. The standard InChI is InChI=1S/C12H17ClFN/c1-8(2)12(15-3)7-9-4-5-10(13)11(14)6-9/h4-6,8,12,15H,7H2,1-3H3. The fourth-order valence-electron chi connectivity index (χ4n) is 1.59. The number of hydrogen-bond donors (Lipinski definition) is 1. The molecule has 0 saturated heterocycles. The number of benzene rings is 1. The molecule has 1 atom stereocenters. The van der Waals surface area contributed by atoms with Gasteiger partial charge in [-0.15, -0.1) is 0 Å². The highest BCUT2D eigenvalue weighted by Gasteiger charge is 2.12. The molecular formula is C12H17ClFN. The third-order valence-electron chi connectivity index (χ3n) is 2.62. The Morgan fingerprint density at radius 3 is 2.53 bits per heavy atom. The lowest BCUT2D eigenvalue weighted by Gasteiger charge is -2.20. The van der Waals surface area contributed by atoms with Crippen LogP contribution in [-0.2, 0) is 6.42 Å². The van der Waals surface area contributed by atoms with Gasteiger partial charge in [0.05, 0.1) is 5.02 Å². The summed E-state index contributed by atoms with van der Waals surface area (Å²) in [5.74, 6) is 0.182. The Hall–Kier alpha value is -0.600. The topological polar surface area (TPSA) is 12.0 Å². The molecule has 0 radical (unpaired) electrons. The smallest absolute Gasteiger partial charge is 0.142 e. The van der Waals surface area contributed by atoms with Gasteiger partial charge < -0.3 is 5.32 Å². The molecular weight excluding hydrogens is 213 g/mol. The first-order chi connectivity index (χ1) is 7.04. The van der Waals surface area contributed by atoms with E-state index in [-0.39, 0.29) is 10.8 Å². The lowest BCUT2D eigenvalue weighted by Crippen LogP contribution is -2.32. The van der Waals surface area contributed by atoms with Gasteiger partial charge in [-0.25, -0.2) is 4.39 Å². The van der Waals surface area contributed by atoms with Crippen LogP contribution in [0.3, 0.4) is 0 Å². The van der Waals surface area contributed by atoms with E-state index in [1.54, 1.807) is 6.07 Å². The minimum Gasteiger partial charge on any atom is -0.316 e. The maximum Gasteiger partial charge on any atom is 0.142 e. The van der Waals surface area contributed by atoms with Crippen molar-refractivity contribution in [2.75, 3.05) is 7.05 Å². The molecule has 0 saturated carbocycles. The molecule has 0 aliphatic carbocycles. The van der Waals surface area contributed by atoms with Gasteiger partial charge in [0, 0.05) is 6.04 Å². The van der Waals surface area contributed by atoms with Gasteiger partial charge >= 0.3 is 0 Å². The summed E-state index contributed by atoms with van der Waals surface area (Å²) in [6.07, 6.45) is 0.822. The van der Waals surface area contributed by atoms with E-state index in [1.165, 1.54) is 6.07 Å². The van der Waals surface area contributed by atoms with E-state index < -0.39 is 0 Å². The number of halogens is 2. The summed E-state index contributed by atoms with van der Waals surface area (Å²) in [7, 11) is 1.93. The molecule has 1 aromatic carbocycles. The molecule has 0 aromatic heterocycles. The first kappa shape index (κ1) is 12.5. The van der Waals surface area contributed by atoms with Crippen molar-refractivity contribution in [3.05, 3.63) is 34.6 Å². The minimum absolute atomic E-state index is 0.185. The molecule has 84 valence electrons. The number of likely N-dealkylation sites (N-methyl/N-ethyl adjacent to an activating group) is 1. The van der Waals surface area contributed by atoms with Gasteiger partial charge in [0.15, 0.2) is 0 Å². The van der Waals surface area contributed by atoms with Crippen LogP contribution in [0, 0.1) is 11.7 Å². The highest BCUT2D eigenvalue weighted by molar-refractivity contribution is 6.30. The van der Waals surface area contributed by atoms with E-state index in [0.717, 1.165) is 12.0 Å². The van der Waals surface area contributed by atoms with Crippen LogP contribution in [0.2, 0.25) is 5.02 Å². The maximum atomic E-state index is 13.2. The molecule has 0 heterocycles. The van der Waals surface area contributed by atoms with Crippen LogP contribution in [0.15, 0.2) is 18.2 Å². The second kappa shape index (κ2) is 5.47. The van der Waals surface area contributed by atoms with Gasteiger partial charge in [-0.05, 0) is 37.1 Å². The Morgan fingerprint density at radius 2 is 2.07 bits per heavy atom. The first-order valence-electron chi connectivity index (χ1n) is 5.15. The molecule has 0 spiro atoms. The van der Waals surface area contributed by atoms with Crippen LogP contribution >= 0.6 is 11.6 Å². The summed E-state index contributed by atoms with van der Waals surface area (Å²) in [6, 6.07) is 5.36. The molecule has 0 bridgehead atoms. The maximum absolute atomic E-state index is 13.2. The Labute approximate surface area is 95.6 Å². The molecule has 1 N–H and O–H groups in total. The molecule has 3 heteroatoms. The summed E-state index contributed by atoms with van der Waals surface area (Å²) in [6.45, 7) is 4.29. The Morgan fingerprint density at radius 1 is 1.40 bits per heavy atom. The van der Waals surface area contributed by atoms with E-state index in [9.17, 15) is 4.39 Å². The fourth-order valence-corrected chi connectivity index (χ4v) is 1.71. The largest absolute Gasteiger partial charge is 0.316 e. The average Bonchev–Trinajstić information content (AvgIpc) is 2.19. The summed E-state index contributed by atoms with van der Waals surface area (Å²) in [5, 5.41) is 3.41. The number of hydrogen-bond acceptors (Lipinski definition) is 1. The second-order valence-corrected chi connectivity index (χ2v) is 4.50.